The van der Waals surface area contributed by atoms with Gasteiger partial charge in [-0.3, -0.25) is 4.98 Å². The summed E-state index contributed by atoms with van der Waals surface area (Å²) in [6, 6.07) is 5.67. The molecule has 0 radical (unpaired) electrons. The van der Waals surface area contributed by atoms with Crippen LogP contribution in [0.1, 0.15) is 12.1 Å². The van der Waals surface area contributed by atoms with E-state index in [2.05, 4.69) is 9.88 Å². The lowest BCUT2D eigenvalue weighted by Gasteiger charge is -2.21. The fourth-order valence-corrected chi connectivity index (χ4v) is 1.83. The van der Waals surface area contributed by atoms with E-state index in [1.165, 1.54) is 0 Å². The van der Waals surface area contributed by atoms with Crippen LogP contribution in [-0.2, 0) is 5.60 Å². The second-order valence-corrected chi connectivity index (χ2v) is 3.73. The van der Waals surface area contributed by atoms with Gasteiger partial charge in [0.2, 0.25) is 0 Å². The molecule has 2 heterocycles. The van der Waals surface area contributed by atoms with Gasteiger partial charge in [-0.15, -0.1) is 0 Å². The van der Waals surface area contributed by atoms with E-state index in [1.54, 1.807) is 6.20 Å². The molecule has 0 aliphatic carbocycles. The van der Waals surface area contributed by atoms with Gasteiger partial charge in [0, 0.05) is 19.3 Å². The first-order valence-electron chi connectivity index (χ1n) is 4.53. The number of rotatable bonds is 1. The largest absolute Gasteiger partial charge is 0.382 e. The Hall–Kier alpha value is -0.930. The smallest absolute Gasteiger partial charge is 0.120 e. The standard InChI is InChI=1S/C10H14N2O/c1-12-7-5-10(13,8-12)9-4-2-3-6-11-9/h2-4,6,13H,5,7-8H2,1H3. The average Bonchev–Trinajstić information content (AvgIpc) is 2.49. The Balaban J connectivity index is 2.26. The summed E-state index contributed by atoms with van der Waals surface area (Å²) in [5.74, 6) is 0. The van der Waals surface area contributed by atoms with Crippen LogP contribution in [0.3, 0.4) is 0 Å². The maximum atomic E-state index is 10.2. The van der Waals surface area contributed by atoms with Crippen molar-refractivity contribution in [2.45, 2.75) is 12.0 Å². The number of hydrogen-bond donors (Lipinski definition) is 1. The molecule has 3 heteroatoms. The Morgan fingerprint density at radius 1 is 1.54 bits per heavy atom. The molecule has 1 atom stereocenters. The number of pyridine rings is 1. The summed E-state index contributed by atoms with van der Waals surface area (Å²) in [6.07, 6.45) is 2.51. The summed E-state index contributed by atoms with van der Waals surface area (Å²) in [4.78, 5) is 6.31. The molecule has 1 N–H and O–H groups in total. The van der Waals surface area contributed by atoms with E-state index in [9.17, 15) is 5.11 Å². The maximum absolute atomic E-state index is 10.2. The molecule has 13 heavy (non-hydrogen) atoms. The number of β-amino-alcohol motifs (C(OH)–C–C–N with tert-alkyl or cyclic N) is 1. The molecule has 1 aliphatic rings. The Bertz CT molecular complexity index is 288. The molecule has 70 valence electrons. The molecule has 1 aliphatic heterocycles. The predicted octanol–water partition coefficient (Wildman–Crippen LogP) is 0.605. The zero-order valence-corrected chi connectivity index (χ0v) is 7.77. The lowest BCUT2D eigenvalue weighted by Crippen LogP contribution is -2.30. The van der Waals surface area contributed by atoms with Gasteiger partial charge in [-0.25, -0.2) is 0 Å². The minimum atomic E-state index is -0.726. The van der Waals surface area contributed by atoms with E-state index in [0.29, 0.717) is 6.54 Å². The summed E-state index contributed by atoms with van der Waals surface area (Å²) in [6.45, 7) is 1.62. The molecule has 0 aromatic carbocycles. The van der Waals surface area contributed by atoms with Crippen LogP contribution >= 0.6 is 0 Å². The highest BCUT2D eigenvalue weighted by Crippen LogP contribution is 2.29. The average molecular weight is 178 g/mol. The summed E-state index contributed by atoms with van der Waals surface area (Å²) in [5, 5.41) is 10.2. The molecule has 1 aromatic heterocycles. The number of aromatic nitrogens is 1. The highest BCUT2D eigenvalue weighted by Gasteiger charge is 2.36. The Morgan fingerprint density at radius 2 is 2.38 bits per heavy atom. The third kappa shape index (κ3) is 1.57. The van der Waals surface area contributed by atoms with E-state index in [1.807, 2.05) is 25.2 Å². The van der Waals surface area contributed by atoms with Crippen molar-refractivity contribution in [1.82, 2.24) is 9.88 Å². The molecule has 0 amide bonds. The summed E-state index contributed by atoms with van der Waals surface area (Å²) >= 11 is 0. The highest BCUT2D eigenvalue weighted by atomic mass is 16.3. The van der Waals surface area contributed by atoms with Crippen LogP contribution in [0.25, 0.3) is 0 Å². The predicted molar refractivity (Wildman–Crippen MR) is 50.2 cm³/mol. The monoisotopic (exact) mass is 178 g/mol. The molecule has 1 aromatic rings. The van der Waals surface area contributed by atoms with Crippen LogP contribution in [-0.4, -0.2) is 35.1 Å². The summed E-state index contributed by atoms with van der Waals surface area (Å²) < 4.78 is 0. The highest BCUT2D eigenvalue weighted by molar-refractivity contribution is 5.15. The minimum absolute atomic E-state index is 0.685. The Labute approximate surface area is 78.0 Å². The molecule has 3 nitrogen and oxygen atoms in total. The van der Waals surface area contributed by atoms with Crippen molar-refractivity contribution in [3.8, 4) is 0 Å². The number of aliphatic hydroxyl groups is 1. The van der Waals surface area contributed by atoms with E-state index in [-0.39, 0.29) is 0 Å². The zero-order valence-electron chi connectivity index (χ0n) is 7.77. The van der Waals surface area contributed by atoms with E-state index < -0.39 is 5.60 Å². The fraction of sp³-hybridized carbons (Fsp3) is 0.500. The van der Waals surface area contributed by atoms with Crippen molar-refractivity contribution in [2.24, 2.45) is 0 Å². The number of likely N-dealkylation sites (tertiary alicyclic amines) is 1. The molecular formula is C10H14N2O. The maximum Gasteiger partial charge on any atom is 0.120 e. The van der Waals surface area contributed by atoms with Gasteiger partial charge in [-0.1, -0.05) is 6.07 Å². The molecule has 0 bridgehead atoms. The second kappa shape index (κ2) is 3.09. The molecule has 1 saturated heterocycles. The van der Waals surface area contributed by atoms with Crippen molar-refractivity contribution in [1.29, 1.82) is 0 Å². The number of nitrogens with zero attached hydrogens (tertiary/aromatic N) is 2. The Morgan fingerprint density at radius 3 is 2.92 bits per heavy atom. The van der Waals surface area contributed by atoms with Gasteiger partial charge in [-0.2, -0.15) is 0 Å². The lowest BCUT2D eigenvalue weighted by atomic mass is 9.98. The van der Waals surface area contributed by atoms with Crippen LogP contribution in [0.4, 0.5) is 0 Å². The topological polar surface area (TPSA) is 36.4 Å². The van der Waals surface area contributed by atoms with Crippen molar-refractivity contribution in [3.05, 3.63) is 30.1 Å². The van der Waals surface area contributed by atoms with Crippen molar-refractivity contribution in [3.63, 3.8) is 0 Å². The minimum Gasteiger partial charge on any atom is -0.382 e. The first kappa shape index (κ1) is 8.66. The first-order chi connectivity index (χ1) is 6.21. The van der Waals surface area contributed by atoms with E-state index in [0.717, 1.165) is 18.7 Å². The quantitative estimate of drug-likeness (QED) is 0.684. The molecule has 2 rings (SSSR count). The number of likely N-dealkylation sites (N-methyl/N-ethyl adjacent to an activating group) is 1. The van der Waals surface area contributed by atoms with Gasteiger partial charge < -0.3 is 10.0 Å². The normalized spacial score (nSPS) is 29.4. The summed E-state index contributed by atoms with van der Waals surface area (Å²) in [7, 11) is 2.01. The third-order valence-electron chi connectivity index (χ3n) is 2.58. The Kier molecular flexibility index (Phi) is 2.06. The second-order valence-electron chi connectivity index (χ2n) is 3.73. The van der Waals surface area contributed by atoms with Gasteiger partial charge in [0.05, 0.1) is 5.69 Å². The van der Waals surface area contributed by atoms with Crippen LogP contribution in [0.2, 0.25) is 0 Å². The molecular weight excluding hydrogens is 164 g/mol. The van der Waals surface area contributed by atoms with Crippen LogP contribution in [0.5, 0.6) is 0 Å². The fourth-order valence-electron chi connectivity index (χ4n) is 1.83. The zero-order chi connectivity index (χ0) is 9.31. The SMILES string of the molecule is CN1CCC(O)(c2ccccn2)C1. The van der Waals surface area contributed by atoms with Gasteiger partial charge in [0.25, 0.3) is 0 Å². The van der Waals surface area contributed by atoms with E-state index in [4.69, 9.17) is 0 Å². The van der Waals surface area contributed by atoms with Crippen molar-refractivity contribution < 1.29 is 5.11 Å². The van der Waals surface area contributed by atoms with Gasteiger partial charge in [0.15, 0.2) is 0 Å². The first-order valence-corrected chi connectivity index (χ1v) is 4.53. The van der Waals surface area contributed by atoms with Crippen LogP contribution in [0.15, 0.2) is 24.4 Å². The van der Waals surface area contributed by atoms with E-state index >= 15 is 0 Å². The molecule has 0 saturated carbocycles. The van der Waals surface area contributed by atoms with Gasteiger partial charge in [0.1, 0.15) is 5.60 Å². The van der Waals surface area contributed by atoms with Crippen molar-refractivity contribution >= 4 is 0 Å². The lowest BCUT2D eigenvalue weighted by molar-refractivity contribution is 0.0444. The van der Waals surface area contributed by atoms with Gasteiger partial charge >= 0.3 is 0 Å². The van der Waals surface area contributed by atoms with Crippen molar-refractivity contribution in [2.75, 3.05) is 20.1 Å². The van der Waals surface area contributed by atoms with Crippen LogP contribution in [0, 0.1) is 0 Å². The number of hydrogen-bond acceptors (Lipinski definition) is 3. The molecule has 0 spiro atoms. The molecule has 1 unspecified atom stereocenters. The third-order valence-corrected chi connectivity index (χ3v) is 2.58. The van der Waals surface area contributed by atoms with Gasteiger partial charge in [-0.05, 0) is 25.6 Å². The van der Waals surface area contributed by atoms with Crippen LogP contribution < -0.4 is 0 Å². The molecule has 1 fully saturated rings. The summed E-state index contributed by atoms with van der Waals surface area (Å²) in [5.41, 5.74) is 0.0649.